The first-order valence-electron chi connectivity index (χ1n) is 6.45. The van der Waals surface area contributed by atoms with Crippen LogP contribution in [-0.2, 0) is 0 Å². The summed E-state index contributed by atoms with van der Waals surface area (Å²) in [6.07, 6.45) is 2.00. The maximum atomic E-state index is 12.1. The number of rotatable bonds is 4. The van der Waals surface area contributed by atoms with E-state index in [2.05, 4.69) is 26.3 Å². The summed E-state index contributed by atoms with van der Waals surface area (Å²) in [5, 5.41) is 2.52. The van der Waals surface area contributed by atoms with E-state index in [1.807, 2.05) is 0 Å². The minimum atomic E-state index is -1.85. The molecule has 0 fully saturated rings. The van der Waals surface area contributed by atoms with Crippen molar-refractivity contribution in [2.75, 3.05) is 0 Å². The fourth-order valence-electron chi connectivity index (χ4n) is 1.55. The number of aromatic nitrogens is 1. The van der Waals surface area contributed by atoms with E-state index >= 15 is 0 Å². The number of amides is 1. The van der Waals surface area contributed by atoms with Gasteiger partial charge >= 0.3 is 0 Å². The highest BCUT2D eigenvalue weighted by atomic mass is 35.6. The number of alkyl halides is 3. The smallest absolute Gasteiger partial charge is 0.253 e. The van der Waals surface area contributed by atoms with Crippen LogP contribution in [0.5, 0.6) is 0 Å². The second-order valence-corrected chi connectivity index (χ2v) is 6.70. The average molecular weight is 370 g/mol. The molecule has 0 aliphatic carbocycles. The number of benzene rings is 1. The Labute approximate surface area is 148 Å². The number of nitrogens with zero attached hydrogens (tertiary/aromatic N) is 3. The molecule has 0 aliphatic rings. The van der Waals surface area contributed by atoms with Gasteiger partial charge in [-0.1, -0.05) is 53.0 Å². The highest BCUT2D eigenvalue weighted by Gasteiger charge is 2.34. The number of carbonyl (C=O) groups excluding carboxylic acids is 1. The van der Waals surface area contributed by atoms with E-state index < -0.39 is 15.9 Å². The van der Waals surface area contributed by atoms with Crippen LogP contribution in [0.2, 0.25) is 0 Å². The van der Waals surface area contributed by atoms with Gasteiger partial charge in [0, 0.05) is 11.8 Å². The Morgan fingerprint density at radius 1 is 1.17 bits per heavy atom. The van der Waals surface area contributed by atoms with Crippen LogP contribution >= 0.6 is 34.8 Å². The zero-order valence-electron chi connectivity index (χ0n) is 11.7. The van der Waals surface area contributed by atoms with E-state index in [9.17, 15) is 4.79 Å². The maximum absolute atomic E-state index is 12.1. The fraction of sp³-hybridized carbons (Fsp3) is 0.133. The third kappa shape index (κ3) is 5.66. The molecule has 1 amide bonds. The SMILES string of the molecule is O=C(NC(N=C=Nc1cccnc1)C(Cl)(Cl)Cl)c1ccccc1. The van der Waals surface area contributed by atoms with Gasteiger partial charge in [-0.25, -0.2) is 0 Å². The third-order valence-corrected chi connectivity index (χ3v) is 3.25. The summed E-state index contributed by atoms with van der Waals surface area (Å²) in [7, 11) is 0. The number of nitrogens with one attached hydrogen (secondary N) is 1. The predicted octanol–water partition coefficient (Wildman–Crippen LogP) is 4.01. The molecule has 1 unspecified atom stereocenters. The van der Waals surface area contributed by atoms with E-state index in [4.69, 9.17) is 34.8 Å². The van der Waals surface area contributed by atoms with Crippen LogP contribution in [0.3, 0.4) is 0 Å². The quantitative estimate of drug-likeness (QED) is 0.653. The van der Waals surface area contributed by atoms with Crippen molar-refractivity contribution in [2.24, 2.45) is 9.98 Å². The van der Waals surface area contributed by atoms with Crippen molar-refractivity contribution in [1.29, 1.82) is 0 Å². The molecule has 2 aromatic rings. The van der Waals surface area contributed by atoms with Gasteiger partial charge in [-0.3, -0.25) is 9.78 Å². The normalized spacial score (nSPS) is 12.0. The van der Waals surface area contributed by atoms with Gasteiger partial charge < -0.3 is 5.32 Å². The zero-order chi connectivity index (χ0) is 16.7. The average Bonchev–Trinajstić information content (AvgIpc) is 2.54. The lowest BCUT2D eigenvalue weighted by Gasteiger charge is -2.20. The summed E-state index contributed by atoms with van der Waals surface area (Å²) in [5.41, 5.74) is 0.958. The molecular weight excluding hydrogens is 359 g/mol. The standard InChI is InChI=1S/C15H11Cl3N4O/c16-15(17,18)14(21-10-20-12-7-4-8-19-9-12)22-13(23)11-5-2-1-3-6-11/h1-9,14H,(H,22,23). The maximum Gasteiger partial charge on any atom is 0.253 e. The largest absolute Gasteiger partial charge is 0.326 e. The molecule has 118 valence electrons. The molecule has 1 heterocycles. The number of hydrogen-bond acceptors (Lipinski definition) is 4. The van der Waals surface area contributed by atoms with Crippen LogP contribution in [-0.4, -0.2) is 26.9 Å². The summed E-state index contributed by atoms with van der Waals surface area (Å²) in [4.78, 5) is 23.8. The van der Waals surface area contributed by atoms with Crippen LogP contribution in [0, 0.1) is 0 Å². The summed E-state index contributed by atoms with van der Waals surface area (Å²) in [5.74, 6) is -0.422. The molecule has 0 aliphatic heterocycles. The van der Waals surface area contributed by atoms with Gasteiger partial charge in [-0.15, -0.1) is 0 Å². The Balaban J connectivity index is 2.15. The van der Waals surface area contributed by atoms with Crippen LogP contribution in [0.1, 0.15) is 10.4 Å². The molecular formula is C15H11Cl3N4O. The van der Waals surface area contributed by atoms with E-state index in [0.717, 1.165) is 0 Å². The van der Waals surface area contributed by atoms with Crippen LogP contribution in [0.4, 0.5) is 5.69 Å². The van der Waals surface area contributed by atoms with Crippen molar-refractivity contribution in [3.8, 4) is 0 Å². The Morgan fingerprint density at radius 3 is 2.52 bits per heavy atom. The van der Waals surface area contributed by atoms with Crippen LogP contribution in [0.25, 0.3) is 0 Å². The van der Waals surface area contributed by atoms with E-state index in [-0.39, 0.29) is 0 Å². The molecule has 1 atom stereocenters. The number of aliphatic imine (C=N–C) groups is 2. The summed E-state index contributed by atoms with van der Waals surface area (Å²) < 4.78 is -1.85. The second kappa shape index (κ2) is 8.09. The van der Waals surface area contributed by atoms with Gasteiger partial charge in [-0.05, 0) is 24.3 Å². The second-order valence-electron chi connectivity index (χ2n) is 4.34. The van der Waals surface area contributed by atoms with Crippen molar-refractivity contribution in [3.63, 3.8) is 0 Å². The van der Waals surface area contributed by atoms with Crippen molar-refractivity contribution in [1.82, 2.24) is 10.3 Å². The first kappa shape index (κ1) is 17.4. The van der Waals surface area contributed by atoms with Crippen molar-refractivity contribution in [3.05, 3.63) is 60.4 Å². The summed E-state index contributed by atoms with van der Waals surface area (Å²) in [6, 6.07) is 14.4. The van der Waals surface area contributed by atoms with Gasteiger partial charge in [0.15, 0.2) is 6.17 Å². The topological polar surface area (TPSA) is 66.7 Å². The Morgan fingerprint density at radius 2 is 1.91 bits per heavy atom. The summed E-state index contributed by atoms with van der Waals surface area (Å²) in [6.45, 7) is 0. The number of halogens is 3. The van der Waals surface area contributed by atoms with Crippen LogP contribution in [0.15, 0.2) is 64.8 Å². The van der Waals surface area contributed by atoms with Gasteiger partial charge in [0.2, 0.25) is 3.79 Å². The molecule has 2 rings (SSSR count). The van der Waals surface area contributed by atoms with E-state index in [0.29, 0.717) is 11.3 Å². The molecule has 0 spiro atoms. The fourth-order valence-corrected chi connectivity index (χ4v) is 1.86. The first-order chi connectivity index (χ1) is 11.0. The molecule has 23 heavy (non-hydrogen) atoms. The molecule has 1 N–H and O–H groups in total. The van der Waals surface area contributed by atoms with Crippen LogP contribution < -0.4 is 5.32 Å². The highest BCUT2D eigenvalue weighted by Crippen LogP contribution is 2.31. The van der Waals surface area contributed by atoms with Gasteiger partial charge in [0.25, 0.3) is 5.91 Å². The predicted molar refractivity (Wildman–Crippen MR) is 91.7 cm³/mol. The molecule has 1 aromatic heterocycles. The van der Waals surface area contributed by atoms with Crippen molar-refractivity contribution in [2.45, 2.75) is 9.96 Å². The van der Waals surface area contributed by atoms with Gasteiger partial charge in [0.1, 0.15) is 0 Å². The Hall–Kier alpha value is -1.91. The molecule has 5 nitrogen and oxygen atoms in total. The lowest BCUT2D eigenvalue weighted by molar-refractivity contribution is 0.0939. The molecule has 8 heteroatoms. The minimum Gasteiger partial charge on any atom is -0.326 e. The van der Waals surface area contributed by atoms with E-state index in [1.54, 1.807) is 48.7 Å². The molecule has 0 saturated carbocycles. The Kier molecular flexibility index (Phi) is 6.13. The molecule has 1 aromatic carbocycles. The number of hydrogen-bond donors (Lipinski definition) is 1. The lowest BCUT2D eigenvalue weighted by Crippen LogP contribution is -2.42. The summed E-state index contributed by atoms with van der Waals surface area (Å²) >= 11 is 17.5. The lowest BCUT2D eigenvalue weighted by atomic mass is 10.2. The monoisotopic (exact) mass is 368 g/mol. The van der Waals surface area contributed by atoms with E-state index in [1.165, 1.54) is 6.20 Å². The van der Waals surface area contributed by atoms with Crippen molar-refractivity contribution >= 4 is 52.4 Å². The Bertz CT molecular complexity index is 711. The molecule has 0 radical (unpaired) electrons. The minimum absolute atomic E-state index is 0.422. The van der Waals surface area contributed by atoms with Crippen molar-refractivity contribution < 1.29 is 4.79 Å². The number of carbonyl (C=O) groups is 1. The molecule has 0 bridgehead atoms. The first-order valence-corrected chi connectivity index (χ1v) is 7.58. The zero-order valence-corrected chi connectivity index (χ0v) is 13.9. The van der Waals surface area contributed by atoms with Gasteiger partial charge in [-0.2, -0.15) is 9.98 Å². The molecule has 0 saturated heterocycles. The number of pyridine rings is 1. The third-order valence-electron chi connectivity index (χ3n) is 2.63. The highest BCUT2D eigenvalue weighted by molar-refractivity contribution is 6.68. The van der Waals surface area contributed by atoms with Gasteiger partial charge in [0.05, 0.1) is 17.9 Å².